The molecule has 1 rings (SSSR count). The van der Waals surface area contributed by atoms with Gasteiger partial charge in [-0.05, 0) is 19.1 Å². The lowest BCUT2D eigenvalue weighted by Gasteiger charge is -2.13. The van der Waals surface area contributed by atoms with Gasteiger partial charge in [0, 0.05) is 11.3 Å². The number of rotatable bonds is 6. The van der Waals surface area contributed by atoms with Gasteiger partial charge in [0.1, 0.15) is 6.04 Å². The smallest absolute Gasteiger partial charge is 0.326 e. The second-order valence-electron chi connectivity index (χ2n) is 4.30. The van der Waals surface area contributed by atoms with Crippen molar-refractivity contribution in [2.45, 2.75) is 19.4 Å². The number of urea groups is 1. The molecule has 1 unspecified atom stereocenters. The molecule has 1 aromatic rings. The number of carbonyl (C=O) groups excluding carboxylic acids is 3. The predicted octanol–water partition coefficient (Wildman–Crippen LogP) is 0.339. The minimum atomic E-state index is -1.42. The Hall–Kier alpha value is -2.90. The first-order chi connectivity index (χ1) is 9.79. The van der Waals surface area contributed by atoms with Gasteiger partial charge in [-0.1, -0.05) is 12.1 Å². The Morgan fingerprint density at radius 3 is 2.48 bits per heavy atom. The average Bonchev–Trinajstić information content (AvgIpc) is 2.37. The van der Waals surface area contributed by atoms with Crippen LogP contribution in [0.5, 0.6) is 0 Å². The van der Waals surface area contributed by atoms with Crippen LogP contribution in [0.2, 0.25) is 0 Å². The number of primary amides is 1. The Balaban J connectivity index is 2.72. The molecule has 5 N–H and O–H groups in total. The van der Waals surface area contributed by atoms with Crippen LogP contribution in [0.25, 0.3) is 0 Å². The first-order valence-electron chi connectivity index (χ1n) is 5.99. The Labute approximate surface area is 120 Å². The van der Waals surface area contributed by atoms with Crippen molar-refractivity contribution in [3.63, 3.8) is 0 Å². The lowest BCUT2D eigenvalue weighted by molar-refractivity contribution is -0.140. The molecule has 0 aliphatic heterocycles. The number of anilines is 1. The van der Waals surface area contributed by atoms with Crippen LogP contribution in [0, 0.1) is 0 Å². The zero-order valence-electron chi connectivity index (χ0n) is 11.3. The molecule has 1 atom stereocenters. The molecule has 0 bridgehead atoms. The molecule has 0 aromatic heterocycles. The SMILES string of the molecule is CC(=O)c1cccc(NC(=O)NC(CC(N)=O)C(=O)O)c1. The molecule has 3 amide bonds. The molecular weight excluding hydrogens is 278 g/mol. The molecule has 8 nitrogen and oxygen atoms in total. The maximum atomic E-state index is 11.7. The van der Waals surface area contributed by atoms with Gasteiger partial charge < -0.3 is 21.5 Å². The molecule has 0 aliphatic carbocycles. The maximum Gasteiger partial charge on any atom is 0.326 e. The lowest BCUT2D eigenvalue weighted by atomic mass is 10.1. The second-order valence-corrected chi connectivity index (χ2v) is 4.30. The van der Waals surface area contributed by atoms with Gasteiger partial charge in [-0.15, -0.1) is 0 Å². The van der Waals surface area contributed by atoms with Crippen molar-refractivity contribution >= 4 is 29.4 Å². The first kappa shape index (κ1) is 16.2. The summed E-state index contributed by atoms with van der Waals surface area (Å²) in [5.41, 5.74) is 5.63. The maximum absolute atomic E-state index is 11.7. The lowest BCUT2D eigenvalue weighted by Crippen LogP contribution is -2.45. The van der Waals surface area contributed by atoms with Crippen molar-refractivity contribution in [2.75, 3.05) is 5.32 Å². The van der Waals surface area contributed by atoms with E-state index in [2.05, 4.69) is 10.6 Å². The number of nitrogens with two attached hydrogens (primary N) is 1. The Kier molecular flexibility index (Phi) is 5.41. The van der Waals surface area contributed by atoms with Gasteiger partial charge in [0.25, 0.3) is 0 Å². The number of aliphatic carboxylic acids is 1. The zero-order valence-corrected chi connectivity index (χ0v) is 11.3. The number of nitrogens with one attached hydrogen (secondary N) is 2. The number of benzene rings is 1. The van der Waals surface area contributed by atoms with Crippen LogP contribution < -0.4 is 16.4 Å². The van der Waals surface area contributed by atoms with E-state index in [4.69, 9.17) is 10.8 Å². The van der Waals surface area contributed by atoms with E-state index in [9.17, 15) is 19.2 Å². The fourth-order valence-corrected chi connectivity index (χ4v) is 1.54. The molecule has 0 spiro atoms. The predicted molar refractivity (Wildman–Crippen MR) is 73.8 cm³/mol. The molecule has 21 heavy (non-hydrogen) atoms. The molecule has 0 saturated carbocycles. The fraction of sp³-hybridized carbons (Fsp3) is 0.231. The van der Waals surface area contributed by atoms with Crippen LogP contribution in [0.15, 0.2) is 24.3 Å². The topological polar surface area (TPSA) is 139 Å². The van der Waals surface area contributed by atoms with Gasteiger partial charge in [-0.3, -0.25) is 9.59 Å². The van der Waals surface area contributed by atoms with Crippen LogP contribution >= 0.6 is 0 Å². The van der Waals surface area contributed by atoms with Gasteiger partial charge in [0.05, 0.1) is 6.42 Å². The van der Waals surface area contributed by atoms with E-state index < -0.39 is 30.4 Å². The molecule has 1 aromatic carbocycles. The van der Waals surface area contributed by atoms with Crippen LogP contribution in [0.3, 0.4) is 0 Å². The molecule has 0 aliphatic rings. The normalized spacial score (nSPS) is 11.3. The Morgan fingerprint density at radius 1 is 1.29 bits per heavy atom. The molecule has 0 heterocycles. The highest BCUT2D eigenvalue weighted by molar-refractivity contribution is 5.97. The van der Waals surface area contributed by atoms with Crippen molar-refractivity contribution in [1.82, 2.24) is 5.32 Å². The van der Waals surface area contributed by atoms with Crippen LogP contribution in [0.4, 0.5) is 10.5 Å². The second kappa shape index (κ2) is 7.04. The quantitative estimate of drug-likeness (QED) is 0.560. The number of hydrogen-bond donors (Lipinski definition) is 4. The highest BCUT2D eigenvalue weighted by Gasteiger charge is 2.22. The fourth-order valence-electron chi connectivity index (χ4n) is 1.54. The number of amides is 3. The van der Waals surface area contributed by atoms with Crippen molar-refractivity contribution < 1.29 is 24.3 Å². The summed E-state index contributed by atoms with van der Waals surface area (Å²) >= 11 is 0. The van der Waals surface area contributed by atoms with Gasteiger partial charge >= 0.3 is 12.0 Å². The standard InChI is InChI=1S/C13H15N3O5/c1-7(17)8-3-2-4-9(5-8)15-13(21)16-10(12(19)20)6-11(14)18/h2-5,10H,6H2,1H3,(H2,14,18)(H,19,20)(H2,15,16,21). The molecular formula is C13H15N3O5. The van der Waals surface area contributed by atoms with E-state index in [0.29, 0.717) is 11.3 Å². The number of ketones is 1. The largest absolute Gasteiger partial charge is 0.480 e. The summed E-state index contributed by atoms with van der Waals surface area (Å²) in [5, 5.41) is 13.3. The highest BCUT2D eigenvalue weighted by atomic mass is 16.4. The number of Topliss-reactive ketones (excluding diaryl/α,β-unsaturated/α-hetero) is 1. The van der Waals surface area contributed by atoms with Crippen LogP contribution in [0.1, 0.15) is 23.7 Å². The van der Waals surface area contributed by atoms with Gasteiger partial charge in [-0.2, -0.15) is 0 Å². The van der Waals surface area contributed by atoms with Crippen molar-refractivity contribution in [2.24, 2.45) is 5.73 Å². The Morgan fingerprint density at radius 2 is 1.95 bits per heavy atom. The summed E-state index contributed by atoms with van der Waals surface area (Å²) in [7, 11) is 0. The van der Waals surface area contributed by atoms with Gasteiger partial charge in [0.2, 0.25) is 5.91 Å². The third-order valence-corrected chi connectivity index (χ3v) is 2.54. The molecule has 112 valence electrons. The molecule has 8 heteroatoms. The summed E-state index contributed by atoms with van der Waals surface area (Å²) in [4.78, 5) is 44.5. The van der Waals surface area contributed by atoms with E-state index in [1.54, 1.807) is 12.1 Å². The summed E-state index contributed by atoms with van der Waals surface area (Å²) in [6.07, 6.45) is -0.518. The third kappa shape index (κ3) is 5.31. The highest BCUT2D eigenvalue weighted by Crippen LogP contribution is 2.11. The third-order valence-electron chi connectivity index (χ3n) is 2.54. The number of hydrogen-bond acceptors (Lipinski definition) is 4. The van der Waals surface area contributed by atoms with Gasteiger partial charge in [-0.25, -0.2) is 9.59 Å². The average molecular weight is 293 g/mol. The number of carboxylic acid groups (broad SMARTS) is 1. The van der Waals surface area contributed by atoms with E-state index >= 15 is 0 Å². The molecule has 0 radical (unpaired) electrons. The summed E-state index contributed by atoms with van der Waals surface area (Å²) in [6.45, 7) is 1.38. The van der Waals surface area contributed by atoms with E-state index in [-0.39, 0.29) is 5.78 Å². The number of carbonyl (C=O) groups is 4. The van der Waals surface area contributed by atoms with Crippen molar-refractivity contribution in [3.8, 4) is 0 Å². The van der Waals surface area contributed by atoms with Crippen molar-refractivity contribution in [3.05, 3.63) is 29.8 Å². The zero-order chi connectivity index (χ0) is 16.0. The molecule has 0 fully saturated rings. The van der Waals surface area contributed by atoms with Crippen molar-refractivity contribution in [1.29, 1.82) is 0 Å². The van der Waals surface area contributed by atoms with Gasteiger partial charge in [0.15, 0.2) is 5.78 Å². The monoisotopic (exact) mass is 293 g/mol. The van der Waals surface area contributed by atoms with Crippen LogP contribution in [-0.4, -0.2) is 34.8 Å². The van der Waals surface area contributed by atoms with E-state index in [0.717, 1.165) is 0 Å². The minimum absolute atomic E-state index is 0.170. The van der Waals surface area contributed by atoms with E-state index in [1.165, 1.54) is 19.1 Å². The van der Waals surface area contributed by atoms with Crippen LogP contribution in [-0.2, 0) is 9.59 Å². The summed E-state index contributed by atoms with van der Waals surface area (Å²) in [5.74, 6) is -2.39. The summed E-state index contributed by atoms with van der Waals surface area (Å²) in [6, 6.07) is 3.91. The Bertz CT molecular complexity index is 585. The first-order valence-corrected chi connectivity index (χ1v) is 5.99. The molecule has 0 saturated heterocycles. The summed E-state index contributed by atoms with van der Waals surface area (Å²) < 4.78 is 0. The minimum Gasteiger partial charge on any atom is -0.480 e. The van der Waals surface area contributed by atoms with E-state index in [1.807, 2.05) is 0 Å². The number of carboxylic acids is 1.